The lowest BCUT2D eigenvalue weighted by Gasteiger charge is -2.05. The minimum absolute atomic E-state index is 0.355. The molecule has 1 aromatic heterocycles. The fraction of sp³-hybridized carbons (Fsp3) is 0.105. The van der Waals surface area contributed by atoms with Crippen molar-refractivity contribution in [3.8, 4) is 5.75 Å². The molecule has 0 aliphatic rings. The van der Waals surface area contributed by atoms with Crippen LogP contribution in [0.15, 0.2) is 54.7 Å². The molecule has 0 radical (unpaired) electrons. The van der Waals surface area contributed by atoms with Crippen LogP contribution >= 0.6 is 15.9 Å². The van der Waals surface area contributed by atoms with Crippen molar-refractivity contribution < 1.29 is 14.3 Å². The quantitative estimate of drug-likeness (QED) is 0.606. The van der Waals surface area contributed by atoms with Crippen LogP contribution < -0.4 is 4.74 Å². The maximum atomic E-state index is 12.0. The molecule has 0 saturated heterocycles. The summed E-state index contributed by atoms with van der Waals surface area (Å²) in [5.74, 6) is 0.434. The van der Waals surface area contributed by atoms with Crippen molar-refractivity contribution in [2.24, 2.45) is 0 Å². The number of aromatic nitrogens is 1. The third kappa shape index (κ3) is 3.08. The van der Waals surface area contributed by atoms with E-state index in [0.29, 0.717) is 5.56 Å². The molecule has 0 atom stereocenters. The van der Waals surface area contributed by atoms with E-state index < -0.39 is 0 Å². The number of benzene rings is 2. The zero-order valence-corrected chi connectivity index (χ0v) is 14.9. The number of hydrogen-bond donors (Lipinski definition) is 0. The predicted octanol–water partition coefficient (Wildman–Crippen LogP) is 4.79. The number of methoxy groups -OCH3 is 2. The van der Waals surface area contributed by atoms with E-state index in [0.717, 1.165) is 26.8 Å². The highest BCUT2D eigenvalue weighted by Crippen LogP contribution is 2.29. The zero-order chi connectivity index (χ0) is 17.1. The van der Waals surface area contributed by atoms with Crippen molar-refractivity contribution in [3.05, 3.63) is 65.9 Å². The molecule has 0 spiro atoms. The van der Waals surface area contributed by atoms with Gasteiger partial charge < -0.3 is 14.0 Å². The zero-order valence-electron chi connectivity index (χ0n) is 13.3. The van der Waals surface area contributed by atoms with E-state index in [9.17, 15) is 4.79 Å². The number of rotatable bonds is 4. The molecule has 1 heterocycles. The Bertz CT molecular complexity index is 927. The van der Waals surface area contributed by atoms with Gasteiger partial charge in [-0.05, 0) is 45.8 Å². The van der Waals surface area contributed by atoms with Crippen LogP contribution in [0.25, 0.3) is 21.6 Å². The van der Waals surface area contributed by atoms with Gasteiger partial charge in [0.25, 0.3) is 0 Å². The second-order valence-corrected chi connectivity index (χ2v) is 5.98. The molecule has 2 aromatic carbocycles. The van der Waals surface area contributed by atoms with Crippen LogP contribution in [0.5, 0.6) is 5.75 Å². The minimum Gasteiger partial charge on any atom is -0.497 e. The standard InChI is InChI=1S/C19H16BrNO3/c1-23-14-7-5-6-13(10-14)11-18(20)21-12-16(19(22)24-2)15-8-3-4-9-17(15)21/h3-12H,1-2H3/b18-11-. The van der Waals surface area contributed by atoms with Crippen molar-refractivity contribution in [3.63, 3.8) is 0 Å². The molecular weight excluding hydrogens is 370 g/mol. The monoisotopic (exact) mass is 385 g/mol. The first-order chi connectivity index (χ1) is 11.6. The van der Waals surface area contributed by atoms with Crippen molar-refractivity contribution in [1.82, 2.24) is 4.57 Å². The highest BCUT2D eigenvalue weighted by Gasteiger charge is 2.16. The van der Waals surface area contributed by atoms with Gasteiger partial charge in [-0.2, -0.15) is 0 Å². The van der Waals surface area contributed by atoms with Gasteiger partial charge in [0, 0.05) is 11.6 Å². The number of carbonyl (C=O) groups excluding carboxylic acids is 1. The summed E-state index contributed by atoms with van der Waals surface area (Å²) >= 11 is 3.61. The van der Waals surface area contributed by atoms with Gasteiger partial charge in [-0.15, -0.1) is 0 Å². The molecule has 0 aliphatic carbocycles. The van der Waals surface area contributed by atoms with Crippen LogP contribution in [0.2, 0.25) is 0 Å². The van der Waals surface area contributed by atoms with E-state index in [4.69, 9.17) is 9.47 Å². The molecule has 4 nitrogen and oxygen atoms in total. The van der Waals surface area contributed by atoms with Crippen molar-refractivity contribution in [2.45, 2.75) is 0 Å². The lowest BCUT2D eigenvalue weighted by Crippen LogP contribution is -1.99. The number of hydrogen-bond acceptors (Lipinski definition) is 3. The Balaban J connectivity index is 2.11. The van der Waals surface area contributed by atoms with Gasteiger partial charge in [-0.25, -0.2) is 4.79 Å². The van der Waals surface area contributed by atoms with Gasteiger partial charge in [-0.1, -0.05) is 30.3 Å². The molecule has 0 fully saturated rings. The number of esters is 1. The Hall–Kier alpha value is -2.53. The molecule has 0 amide bonds. The number of ether oxygens (including phenoxy) is 2. The van der Waals surface area contributed by atoms with Crippen LogP contribution in [0, 0.1) is 0 Å². The smallest absolute Gasteiger partial charge is 0.340 e. The molecule has 3 rings (SSSR count). The molecule has 0 N–H and O–H groups in total. The SMILES string of the molecule is COC(=O)c1cn(/C(Br)=C\c2cccc(OC)c2)c2ccccc12. The first-order valence-corrected chi connectivity index (χ1v) is 8.13. The summed E-state index contributed by atoms with van der Waals surface area (Å²) < 4.78 is 12.9. The summed E-state index contributed by atoms with van der Waals surface area (Å²) in [7, 11) is 3.02. The Morgan fingerprint density at radius 1 is 1.12 bits per heavy atom. The second kappa shape index (κ2) is 6.93. The van der Waals surface area contributed by atoms with E-state index in [1.54, 1.807) is 13.3 Å². The van der Waals surface area contributed by atoms with Gasteiger partial charge in [0.15, 0.2) is 0 Å². The summed E-state index contributed by atoms with van der Waals surface area (Å²) in [5, 5.41) is 0.848. The van der Waals surface area contributed by atoms with E-state index in [1.807, 2.05) is 59.2 Å². The minimum atomic E-state index is -0.355. The van der Waals surface area contributed by atoms with Crippen LogP contribution in [-0.2, 0) is 4.74 Å². The fourth-order valence-corrected chi connectivity index (χ4v) is 3.13. The molecule has 24 heavy (non-hydrogen) atoms. The average Bonchev–Trinajstić information content (AvgIpc) is 3.01. The first-order valence-electron chi connectivity index (χ1n) is 7.34. The van der Waals surface area contributed by atoms with E-state index in [1.165, 1.54) is 7.11 Å². The molecule has 0 bridgehead atoms. The summed E-state index contributed by atoms with van der Waals surface area (Å²) in [6.45, 7) is 0. The fourth-order valence-electron chi connectivity index (χ4n) is 2.57. The highest BCUT2D eigenvalue weighted by molar-refractivity contribution is 9.15. The van der Waals surface area contributed by atoms with Gasteiger partial charge in [0.2, 0.25) is 0 Å². The highest BCUT2D eigenvalue weighted by atomic mass is 79.9. The Kier molecular flexibility index (Phi) is 4.71. The molecule has 0 saturated carbocycles. The number of halogens is 1. The van der Waals surface area contributed by atoms with Gasteiger partial charge in [0.05, 0.1) is 29.9 Å². The number of carbonyl (C=O) groups is 1. The molecule has 5 heteroatoms. The summed E-state index contributed by atoms with van der Waals surface area (Å²) in [4.78, 5) is 12.0. The van der Waals surface area contributed by atoms with E-state index in [2.05, 4.69) is 15.9 Å². The lowest BCUT2D eigenvalue weighted by molar-refractivity contribution is 0.0603. The largest absolute Gasteiger partial charge is 0.497 e. The Morgan fingerprint density at radius 2 is 1.92 bits per heavy atom. The predicted molar refractivity (Wildman–Crippen MR) is 99.4 cm³/mol. The van der Waals surface area contributed by atoms with Gasteiger partial charge >= 0.3 is 5.97 Å². The molecular formula is C19H16BrNO3. The van der Waals surface area contributed by atoms with Crippen LogP contribution in [0.3, 0.4) is 0 Å². The number of nitrogens with zero attached hydrogens (tertiary/aromatic N) is 1. The first kappa shape index (κ1) is 16.3. The van der Waals surface area contributed by atoms with E-state index in [-0.39, 0.29) is 5.97 Å². The van der Waals surface area contributed by atoms with Crippen molar-refractivity contribution in [2.75, 3.05) is 14.2 Å². The van der Waals surface area contributed by atoms with Gasteiger partial charge in [-0.3, -0.25) is 0 Å². The molecule has 0 unspecified atom stereocenters. The van der Waals surface area contributed by atoms with Crippen LogP contribution in [0.4, 0.5) is 0 Å². The van der Waals surface area contributed by atoms with Crippen LogP contribution in [0.1, 0.15) is 15.9 Å². The van der Waals surface area contributed by atoms with Crippen molar-refractivity contribution in [1.29, 1.82) is 0 Å². The topological polar surface area (TPSA) is 40.5 Å². The summed E-state index contributed by atoms with van der Waals surface area (Å²) in [6, 6.07) is 15.5. The summed E-state index contributed by atoms with van der Waals surface area (Å²) in [6.07, 6.45) is 3.74. The molecule has 0 aliphatic heterocycles. The third-order valence-corrected chi connectivity index (χ3v) is 4.34. The third-order valence-electron chi connectivity index (χ3n) is 3.73. The van der Waals surface area contributed by atoms with E-state index >= 15 is 0 Å². The number of para-hydroxylation sites is 1. The molecule has 122 valence electrons. The van der Waals surface area contributed by atoms with Gasteiger partial charge in [0.1, 0.15) is 5.75 Å². The Morgan fingerprint density at radius 3 is 2.67 bits per heavy atom. The number of fused-ring (bicyclic) bond motifs is 1. The Labute approximate surface area is 148 Å². The maximum absolute atomic E-state index is 12.0. The molecule has 3 aromatic rings. The average molecular weight is 386 g/mol. The van der Waals surface area contributed by atoms with Crippen molar-refractivity contribution >= 4 is 43.5 Å². The lowest BCUT2D eigenvalue weighted by atomic mass is 10.2. The van der Waals surface area contributed by atoms with Crippen LogP contribution in [-0.4, -0.2) is 24.8 Å². The maximum Gasteiger partial charge on any atom is 0.340 e. The summed E-state index contributed by atoms with van der Waals surface area (Å²) in [5.41, 5.74) is 2.44. The second-order valence-electron chi connectivity index (χ2n) is 5.17. The normalized spacial score (nSPS) is 11.5.